The van der Waals surface area contributed by atoms with Crippen LogP contribution in [0.5, 0.6) is 0 Å². The molecular weight excluding hydrogens is 186 g/mol. The highest BCUT2D eigenvalue weighted by Crippen LogP contribution is 2.11. The van der Waals surface area contributed by atoms with Crippen LogP contribution in [-0.2, 0) is 0 Å². The summed E-state index contributed by atoms with van der Waals surface area (Å²) in [5, 5.41) is 29.9. The third-order valence-electron chi connectivity index (χ3n) is 2.49. The Bertz CT molecular complexity index is 212. The molecule has 82 valence electrons. The standard InChI is InChI=1S/C8H17N3O3/c1-5(8(9)10-14)2-11-3-6(12)7(13)4-11/h5-7,12-14H,2-4H2,1H3,(H2,9,10). The molecule has 5 N–H and O–H groups in total. The molecule has 14 heavy (non-hydrogen) atoms. The van der Waals surface area contributed by atoms with E-state index in [9.17, 15) is 10.2 Å². The zero-order chi connectivity index (χ0) is 10.7. The van der Waals surface area contributed by atoms with E-state index in [2.05, 4.69) is 5.16 Å². The van der Waals surface area contributed by atoms with Crippen LogP contribution in [0.15, 0.2) is 5.16 Å². The molecule has 0 radical (unpaired) electrons. The smallest absolute Gasteiger partial charge is 0.143 e. The van der Waals surface area contributed by atoms with Crippen molar-refractivity contribution in [1.29, 1.82) is 0 Å². The van der Waals surface area contributed by atoms with Crippen molar-refractivity contribution in [3.8, 4) is 0 Å². The molecule has 1 heterocycles. The lowest BCUT2D eigenvalue weighted by Gasteiger charge is -2.18. The van der Waals surface area contributed by atoms with Crippen LogP contribution < -0.4 is 5.73 Å². The van der Waals surface area contributed by atoms with E-state index in [0.717, 1.165) is 0 Å². The van der Waals surface area contributed by atoms with Crippen LogP contribution in [-0.4, -0.2) is 58.0 Å². The van der Waals surface area contributed by atoms with Gasteiger partial charge in [0, 0.05) is 25.6 Å². The highest BCUT2D eigenvalue weighted by molar-refractivity contribution is 5.82. The first-order chi connectivity index (χ1) is 6.54. The average molecular weight is 203 g/mol. The molecule has 0 aliphatic carbocycles. The minimum atomic E-state index is -0.686. The Labute approximate surface area is 82.6 Å². The van der Waals surface area contributed by atoms with E-state index in [1.165, 1.54) is 0 Å². The summed E-state index contributed by atoms with van der Waals surface area (Å²) in [5.74, 6) is 0.0818. The molecule has 6 nitrogen and oxygen atoms in total. The Morgan fingerprint density at radius 3 is 2.43 bits per heavy atom. The fourth-order valence-corrected chi connectivity index (χ4v) is 1.58. The van der Waals surface area contributed by atoms with Crippen molar-refractivity contribution in [2.45, 2.75) is 19.1 Å². The number of aliphatic hydroxyl groups is 2. The monoisotopic (exact) mass is 203 g/mol. The maximum absolute atomic E-state index is 9.27. The number of oxime groups is 1. The van der Waals surface area contributed by atoms with Crippen LogP contribution in [0.4, 0.5) is 0 Å². The van der Waals surface area contributed by atoms with Crippen LogP contribution in [0, 0.1) is 5.92 Å². The van der Waals surface area contributed by atoms with Gasteiger partial charge in [-0.05, 0) is 0 Å². The SMILES string of the molecule is CC(CN1CC(O)C(O)C1)C(N)=NO. The third-order valence-corrected chi connectivity index (χ3v) is 2.49. The number of nitrogens with zero attached hydrogens (tertiary/aromatic N) is 2. The van der Waals surface area contributed by atoms with Gasteiger partial charge in [-0.2, -0.15) is 0 Å². The second-order valence-electron chi connectivity index (χ2n) is 3.78. The summed E-state index contributed by atoms with van der Waals surface area (Å²) in [4.78, 5) is 1.89. The molecule has 0 bridgehead atoms. The number of rotatable bonds is 3. The Hall–Kier alpha value is -0.850. The highest BCUT2D eigenvalue weighted by atomic mass is 16.4. The number of hydrogen-bond donors (Lipinski definition) is 4. The molecule has 1 rings (SSSR count). The van der Waals surface area contributed by atoms with Crippen molar-refractivity contribution in [1.82, 2.24) is 4.90 Å². The van der Waals surface area contributed by atoms with Crippen LogP contribution in [0.2, 0.25) is 0 Å². The highest BCUT2D eigenvalue weighted by Gasteiger charge is 2.30. The molecule has 1 fully saturated rings. The number of nitrogens with two attached hydrogens (primary N) is 1. The second-order valence-corrected chi connectivity index (χ2v) is 3.78. The third kappa shape index (κ3) is 2.57. The zero-order valence-electron chi connectivity index (χ0n) is 8.17. The topological polar surface area (TPSA) is 102 Å². The summed E-state index contributed by atoms with van der Waals surface area (Å²) in [5.41, 5.74) is 5.41. The van der Waals surface area contributed by atoms with Gasteiger partial charge in [0.15, 0.2) is 0 Å². The first-order valence-electron chi connectivity index (χ1n) is 4.60. The number of amidine groups is 1. The second kappa shape index (κ2) is 4.59. The lowest BCUT2D eigenvalue weighted by atomic mass is 10.1. The van der Waals surface area contributed by atoms with Crippen molar-refractivity contribution in [3.05, 3.63) is 0 Å². The molecule has 3 unspecified atom stereocenters. The summed E-state index contributed by atoms with van der Waals surface area (Å²) in [6.45, 7) is 3.27. The molecule has 0 aromatic heterocycles. The molecule has 0 aromatic rings. The maximum Gasteiger partial charge on any atom is 0.143 e. The van der Waals surface area contributed by atoms with Gasteiger partial charge in [0.25, 0.3) is 0 Å². The predicted octanol–water partition coefficient (Wildman–Crippen LogP) is -1.59. The molecule has 1 aliphatic heterocycles. The average Bonchev–Trinajstić information content (AvgIpc) is 2.44. The van der Waals surface area contributed by atoms with Crippen molar-refractivity contribution in [3.63, 3.8) is 0 Å². The summed E-state index contributed by atoms with van der Waals surface area (Å²) in [6, 6.07) is 0. The van der Waals surface area contributed by atoms with Gasteiger partial charge in [-0.15, -0.1) is 0 Å². The normalized spacial score (nSPS) is 32.1. The van der Waals surface area contributed by atoms with E-state index >= 15 is 0 Å². The molecule has 6 heteroatoms. The quantitative estimate of drug-likeness (QED) is 0.192. The van der Waals surface area contributed by atoms with E-state index in [-0.39, 0.29) is 11.8 Å². The van der Waals surface area contributed by atoms with E-state index in [0.29, 0.717) is 19.6 Å². The van der Waals surface area contributed by atoms with Crippen LogP contribution >= 0.6 is 0 Å². The lowest BCUT2D eigenvalue weighted by Crippen LogP contribution is -2.34. The summed E-state index contributed by atoms with van der Waals surface area (Å²) < 4.78 is 0. The lowest BCUT2D eigenvalue weighted by molar-refractivity contribution is 0.0572. The maximum atomic E-state index is 9.27. The van der Waals surface area contributed by atoms with Gasteiger partial charge in [-0.3, -0.25) is 4.90 Å². The van der Waals surface area contributed by atoms with Gasteiger partial charge in [-0.25, -0.2) is 0 Å². The molecule has 1 saturated heterocycles. The van der Waals surface area contributed by atoms with Crippen molar-refractivity contribution in [2.75, 3.05) is 19.6 Å². The first kappa shape index (κ1) is 11.2. The van der Waals surface area contributed by atoms with Crippen molar-refractivity contribution >= 4 is 5.84 Å². The number of likely N-dealkylation sites (tertiary alicyclic amines) is 1. The molecule has 1 aliphatic rings. The van der Waals surface area contributed by atoms with Crippen LogP contribution in [0.3, 0.4) is 0 Å². The van der Waals surface area contributed by atoms with Gasteiger partial charge in [0.1, 0.15) is 5.84 Å². The minimum Gasteiger partial charge on any atom is -0.409 e. The largest absolute Gasteiger partial charge is 0.409 e. The summed E-state index contributed by atoms with van der Waals surface area (Å²) in [7, 11) is 0. The van der Waals surface area contributed by atoms with Crippen LogP contribution in [0.25, 0.3) is 0 Å². The van der Waals surface area contributed by atoms with E-state index < -0.39 is 12.2 Å². The van der Waals surface area contributed by atoms with Gasteiger partial charge < -0.3 is 21.2 Å². The zero-order valence-corrected chi connectivity index (χ0v) is 8.17. The molecule has 0 spiro atoms. The Balaban J connectivity index is 2.39. The predicted molar refractivity (Wildman–Crippen MR) is 51.0 cm³/mol. The summed E-state index contributed by atoms with van der Waals surface area (Å²) >= 11 is 0. The Morgan fingerprint density at radius 1 is 1.50 bits per heavy atom. The van der Waals surface area contributed by atoms with Crippen molar-refractivity contribution < 1.29 is 15.4 Å². The molecule has 3 atom stereocenters. The molecule has 0 saturated carbocycles. The van der Waals surface area contributed by atoms with E-state index in [1.54, 1.807) is 0 Å². The number of hydrogen-bond acceptors (Lipinski definition) is 5. The van der Waals surface area contributed by atoms with Gasteiger partial charge >= 0.3 is 0 Å². The van der Waals surface area contributed by atoms with E-state index in [1.807, 2.05) is 11.8 Å². The molecular formula is C8H17N3O3. The van der Waals surface area contributed by atoms with Gasteiger partial charge in [0.05, 0.1) is 12.2 Å². The minimum absolute atomic E-state index is 0.0856. The number of aliphatic hydroxyl groups excluding tert-OH is 2. The fourth-order valence-electron chi connectivity index (χ4n) is 1.58. The van der Waals surface area contributed by atoms with Gasteiger partial charge in [-0.1, -0.05) is 12.1 Å². The van der Waals surface area contributed by atoms with Gasteiger partial charge in [0.2, 0.25) is 0 Å². The van der Waals surface area contributed by atoms with Crippen molar-refractivity contribution in [2.24, 2.45) is 16.8 Å². The first-order valence-corrected chi connectivity index (χ1v) is 4.60. The Morgan fingerprint density at radius 2 is 2.00 bits per heavy atom. The summed E-state index contributed by atoms with van der Waals surface area (Å²) in [6.07, 6.45) is -1.37. The van der Waals surface area contributed by atoms with E-state index in [4.69, 9.17) is 10.9 Å². The number of β-amino-alcohol motifs (C(OH)–C–C–N with tert-alkyl or cyclic N) is 2. The fraction of sp³-hybridized carbons (Fsp3) is 0.875. The molecule has 0 aromatic carbocycles. The Kier molecular flexibility index (Phi) is 3.68. The van der Waals surface area contributed by atoms with Crippen LogP contribution in [0.1, 0.15) is 6.92 Å². The molecule has 0 amide bonds.